The number of amides is 1. The van der Waals surface area contributed by atoms with E-state index in [9.17, 15) is 4.79 Å². The Labute approximate surface area is 207 Å². The fourth-order valence-electron chi connectivity index (χ4n) is 4.47. The Hall–Kier alpha value is -3.65. The summed E-state index contributed by atoms with van der Waals surface area (Å²) in [6.07, 6.45) is 7.52. The maximum atomic E-state index is 12.8. The van der Waals surface area contributed by atoms with Crippen LogP contribution in [0.2, 0.25) is 5.02 Å². The van der Waals surface area contributed by atoms with Crippen LogP contribution in [0.4, 0.5) is 11.6 Å². The van der Waals surface area contributed by atoms with Gasteiger partial charge in [0.25, 0.3) is 0 Å². The van der Waals surface area contributed by atoms with Gasteiger partial charge in [0.1, 0.15) is 17.3 Å². The third kappa shape index (κ3) is 4.79. The summed E-state index contributed by atoms with van der Waals surface area (Å²) >= 11 is 6.10. The molecule has 0 bridgehead atoms. The normalized spacial score (nSPS) is 18.9. The maximum absolute atomic E-state index is 12.8. The summed E-state index contributed by atoms with van der Waals surface area (Å²) < 4.78 is 7.32. The number of pyridine rings is 1. The molecule has 3 aromatic heterocycles. The average Bonchev–Trinajstić information content (AvgIpc) is 3.78. The van der Waals surface area contributed by atoms with E-state index in [-0.39, 0.29) is 23.8 Å². The van der Waals surface area contributed by atoms with Crippen molar-refractivity contribution in [1.82, 2.24) is 19.4 Å². The van der Waals surface area contributed by atoms with E-state index in [0.29, 0.717) is 29.1 Å². The van der Waals surface area contributed by atoms with E-state index in [0.717, 1.165) is 23.3 Å². The molecule has 0 aliphatic heterocycles. The van der Waals surface area contributed by atoms with Crippen LogP contribution in [0.1, 0.15) is 47.9 Å². The molecular formula is C26H25ClN6O2. The van der Waals surface area contributed by atoms with Crippen molar-refractivity contribution >= 4 is 34.8 Å². The Balaban J connectivity index is 1.12. The van der Waals surface area contributed by atoms with Gasteiger partial charge < -0.3 is 19.8 Å². The van der Waals surface area contributed by atoms with Crippen molar-refractivity contribution in [3.05, 3.63) is 76.7 Å². The molecule has 2 fully saturated rings. The molecule has 0 saturated heterocycles. The van der Waals surface area contributed by atoms with Gasteiger partial charge in [0.15, 0.2) is 0 Å². The first kappa shape index (κ1) is 21.9. The van der Waals surface area contributed by atoms with Gasteiger partial charge in [0.05, 0.1) is 19.3 Å². The number of nitrogens with one attached hydrogen (secondary N) is 2. The maximum Gasteiger partial charge on any atom is 0.320 e. The predicted molar refractivity (Wildman–Crippen MR) is 134 cm³/mol. The van der Waals surface area contributed by atoms with Crippen LogP contribution in [0.5, 0.6) is 6.01 Å². The second-order valence-electron chi connectivity index (χ2n) is 9.21. The second kappa shape index (κ2) is 8.85. The molecule has 3 heterocycles. The number of hydrogen-bond donors (Lipinski definition) is 2. The van der Waals surface area contributed by atoms with Crippen LogP contribution < -0.4 is 15.4 Å². The molecule has 6 rings (SSSR count). The Bertz CT molecular complexity index is 1420. The van der Waals surface area contributed by atoms with Gasteiger partial charge in [0, 0.05) is 29.4 Å². The van der Waals surface area contributed by atoms with E-state index in [1.54, 1.807) is 6.07 Å². The average molecular weight is 489 g/mol. The highest BCUT2D eigenvalue weighted by molar-refractivity contribution is 6.30. The topological polar surface area (TPSA) is 93.4 Å². The van der Waals surface area contributed by atoms with Gasteiger partial charge in [-0.05, 0) is 60.4 Å². The van der Waals surface area contributed by atoms with Gasteiger partial charge in [-0.25, -0.2) is 4.98 Å². The van der Waals surface area contributed by atoms with Gasteiger partial charge in [-0.15, -0.1) is 0 Å². The quantitative estimate of drug-likeness (QED) is 0.362. The number of nitrogens with zero attached hydrogens (tertiary/aromatic N) is 4. The summed E-state index contributed by atoms with van der Waals surface area (Å²) in [4.78, 5) is 26.2. The van der Waals surface area contributed by atoms with Crippen molar-refractivity contribution in [2.24, 2.45) is 5.92 Å². The van der Waals surface area contributed by atoms with Gasteiger partial charge in [-0.2, -0.15) is 9.97 Å². The molecule has 0 unspecified atom stereocenters. The third-order valence-electron chi connectivity index (χ3n) is 6.57. The lowest BCUT2D eigenvalue weighted by atomic mass is 10.1. The van der Waals surface area contributed by atoms with Crippen molar-refractivity contribution in [2.45, 2.75) is 37.6 Å². The van der Waals surface area contributed by atoms with Crippen LogP contribution >= 0.6 is 11.6 Å². The van der Waals surface area contributed by atoms with Crippen molar-refractivity contribution in [3.8, 4) is 6.01 Å². The zero-order valence-corrected chi connectivity index (χ0v) is 20.0. The summed E-state index contributed by atoms with van der Waals surface area (Å²) in [7, 11) is 1.50. The van der Waals surface area contributed by atoms with E-state index < -0.39 is 0 Å². The Morgan fingerprint density at radius 1 is 1.09 bits per heavy atom. The van der Waals surface area contributed by atoms with Crippen molar-refractivity contribution < 1.29 is 9.53 Å². The molecule has 1 amide bonds. The molecule has 9 heteroatoms. The van der Waals surface area contributed by atoms with E-state index in [1.807, 2.05) is 30.5 Å². The second-order valence-corrected chi connectivity index (χ2v) is 9.64. The minimum absolute atomic E-state index is 0.0755. The lowest BCUT2D eigenvalue weighted by Gasteiger charge is -2.09. The number of methoxy groups -OCH3 is 1. The fraction of sp³-hybridized carbons (Fsp3) is 0.308. The first-order valence-corrected chi connectivity index (χ1v) is 12.1. The fourth-order valence-corrected chi connectivity index (χ4v) is 4.67. The molecule has 4 aromatic rings. The lowest BCUT2D eigenvalue weighted by molar-refractivity contribution is -0.117. The van der Waals surface area contributed by atoms with Gasteiger partial charge in [-0.1, -0.05) is 29.8 Å². The van der Waals surface area contributed by atoms with Crippen LogP contribution in [0.3, 0.4) is 0 Å². The summed E-state index contributed by atoms with van der Waals surface area (Å²) in [5.74, 6) is 1.63. The summed E-state index contributed by atoms with van der Waals surface area (Å²) in [6, 6.07) is 13.8. The minimum atomic E-state index is -0.107. The number of imidazole rings is 1. The highest BCUT2D eigenvalue weighted by atomic mass is 35.5. The first-order chi connectivity index (χ1) is 17.1. The molecule has 1 aromatic carbocycles. The molecule has 0 radical (unpaired) electrons. The van der Waals surface area contributed by atoms with E-state index in [1.165, 1.54) is 25.5 Å². The Kier molecular flexibility index (Phi) is 5.53. The predicted octanol–water partition coefficient (Wildman–Crippen LogP) is 5.02. The molecule has 2 aliphatic carbocycles. The van der Waals surface area contributed by atoms with Crippen LogP contribution in [-0.4, -0.2) is 32.4 Å². The Morgan fingerprint density at radius 3 is 2.74 bits per heavy atom. The zero-order chi connectivity index (χ0) is 23.9. The highest BCUT2D eigenvalue weighted by Crippen LogP contribution is 2.48. The number of carbonyl (C=O) groups excluding carboxylic acids is 1. The van der Waals surface area contributed by atoms with E-state index in [2.05, 4.69) is 48.3 Å². The van der Waals surface area contributed by atoms with Crippen LogP contribution in [0.15, 0.2) is 54.9 Å². The molecule has 8 nitrogen and oxygen atoms in total. The zero-order valence-electron chi connectivity index (χ0n) is 19.2. The van der Waals surface area contributed by atoms with E-state index >= 15 is 0 Å². The molecule has 0 spiro atoms. The summed E-state index contributed by atoms with van der Waals surface area (Å²) in [5.41, 5.74) is 4.25. The van der Waals surface area contributed by atoms with Crippen molar-refractivity contribution in [2.75, 3.05) is 17.7 Å². The van der Waals surface area contributed by atoms with E-state index in [4.69, 9.17) is 16.3 Å². The standard InChI is InChI=1S/C26H25ClN6O2/c1-35-26-31-22(28-12-19-14-33-13-17(15-5-6-15)7-8-24(33)29-19)11-23(32-26)30-25(34)21-10-20(21)16-3-2-4-18(27)9-16/h2-4,7-9,11,13-15,20-21H,5-6,10,12H2,1H3,(H2,28,30,31,32,34)/t20-,21+/m0/s1. The van der Waals surface area contributed by atoms with Gasteiger partial charge in [-0.3, -0.25) is 4.79 Å². The monoisotopic (exact) mass is 488 g/mol. The van der Waals surface area contributed by atoms with Crippen LogP contribution in [0.25, 0.3) is 5.65 Å². The largest absolute Gasteiger partial charge is 0.467 e. The molecule has 2 saturated carbocycles. The third-order valence-corrected chi connectivity index (χ3v) is 6.80. The molecule has 35 heavy (non-hydrogen) atoms. The van der Waals surface area contributed by atoms with Gasteiger partial charge >= 0.3 is 6.01 Å². The molecule has 2 aliphatic rings. The van der Waals surface area contributed by atoms with Gasteiger partial charge in [0.2, 0.25) is 5.91 Å². The number of rotatable bonds is 8. The smallest absolute Gasteiger partial charge is 0.320 e. The molecular weight excluding hydrogens is 464 g/mol. The first-order valence-electron chi connectivity index (χ1n) is 11.8. The number of ether oxygens (including phenoxy) is 1. The molecule has 178 valence electrons. The van der Waals surface area contributed by atoms with Crippen LogP contribution in [0, 0.1) is 5.92 Å². The van der Waals surface area contributed by atoms with Crippen LogP contribution in [-0.2, 0) is 11.3 Å². The molecule has 2 N–H and O–H groups in total. The number of aromatic nitrogens is 4. The van der Waals surface area contributed by atoms with Crippen molar-refractivity contribution in [3.63, 3.8) is 0 Å². The summed E-state index contributed by atoms with van der Waals surface area (Å²) in [5, 5.41) is 6.87. The number of carbonyl (C=O) groups is 1. The van der Waals surface area contributed by atoms with Crippen molar-refractivity contribution in [1.29, 1.82) is 0 Å². The number of fused-ring (bicyclic) bond motifs is 1. The number of anilines is 2. The number of benzene rings is 1. The minimum Gasteiger partial charge on any atom is -0.467 e. The summed E-state index contributed by atoms with van der Waals surface area (Å²) in [6.45, 7) is 0.480. The lowest BCUT2D eigenvalue weighted by Crippen LogP contribution is -2.16. The highest BCUT2D eigenvalue weighted by Gasteiger charge is 2.44. The number of hydrogen-bond acceptors (Lipinski definition) is 6. The SMILES string of the molecule is COc1nc(NCc2cn3cc(C4CC4)ccc3n2)cc(NC(=O)[C@@H]2C[C@H]2c2cccc(Cl)c2)n1. The molecule has 2 atom stereocenters. The Morgan fingerprint density at radius 2 is 1.94 bits per heavy atom. The number of halogens is 1.